The molecule has 2 N–H and O–H groups in total. The number of aromatic nitrogens is 1. The van der Waals surface area contributed by atoms with Gasteiger partial charge in [-0.3, -0.25) is 14.4 Å². The third kappa shape index (κ3) is 12.7. The number of carboxylic acid groups (broad SMARTS) is 1. The van der Waals surface area contributed by atoms with Crippen molar-refractivity contribution in [2.45, 2.75) is 84.9 Å². The van der Waals surface area contributed by atoms with Gasteiger partial charge in [-0.1, -0.05) is 27.7 Å². The van der Waals surface area contributed by atoms with Gasteiger partial charge in [-0.2, -0.15) is 13.2 Å². The number of aliphatic carboxylic acids is 1. The van der Waals surface area contributed by atoms with Gasteiger partial charge in [0.05, 0.1) is 5.56 Å². The van der Waals surface area contributed by atoms with Gasteiger partial charge in [0.15, 0.2) is 0 Å². The summed E-state index contributed by atoms with van der Waals surface area (Å²) in [5.41, 5.74) is -0.976. The Kier molecular flexibility index (Phi) is 19.0. The normalized spacial score (nSPS) is 13.6. The number of nitrogens with zero attached hydrogens (tertiary/aromatic N) is 2. The molecule has 13 heteroatoms. The van der Waals surface area contributed by atoms with E-state index in [-0.39, 0.29) is 124 Å². The summed E-state index contributed by atoms with van der Waals surface area (Å²) in [6, 6.07) is 1.29. The smallest absolute Gasteiger partial charge is 0.481 e. The van der Waals surface area contributed by atoms with Crippen molar-refractivity contribution in [1.29, 1.82) is 0 Å². The van der Waals surface area contributed by atoms with E-state index in [1.54, 1.807) is 6.92 Å². The molecule has 0 saturated carbocycles. The number of carbonyl (C=O) groups excluding carboxylic acids is 1. The van der Waals surface area contributed by atoms with Crippen LogP contribution in [0.5, 0.6) is 0 Å². The maximum absolute atomic E-state index is 14.0. The molecule has 1 aliphatic heterocycles. The first-order valence-corrected chi connectivity index (χ1v) is 14.4. The Labute approximate surface area is 321 Å². The average molecular weight is 764 g/mol. The molecule has 7 nitrogen and oxygen atoms in total. The van der Waals surface area contributed by atoms with Crippen molar-refractivity contribution >= 4 is 11.9 Å². The summed E-state index contributed by atoms with van der Waals surface area (Å²) >= 11 is 0. The predicted molar refractivity (Wildman–Crippen MR) is 161 cm³/mol. The van der Waals surface area contributed by atoms with E-state index in [0.29, 0.717) is 30.2 Å². The number of likely N-dealkylation sites (tertiary alicyclic amines) is 1. The molecule has 0 radical (unpaired) electrons. The van der Waals surface area contributed by atoms with Gasteiger partial charge in [-0.15, -0.1) is 0 Å². The van der Waals surface area contributed by atoms with Crippen LogP contribution in [0.4, 0.5) is 22.0 Å². The molecule has 1 amide bonds. The Morgan fingerprint density at radius 1 is 1.04 bits per heavy atom. The van der Waals surface area contributed by atoms with Crippen LogP contribution in [0.25, 0.3) is 0 Å². The van der Waals surface area contributed by atoms with Crippen LogP contribution in [0, 0.1) is 31.9 Å². The molecule has 0 aliphatic carbocycles. The summed E-state index contributed by atoms with van der Waals surface area (Å²) in [6.07, 6.45) is -2.13. The molecule has 1 aliphatic rings. The molecule has 1 unspecified atom stereocenters. The van der Waals surface area contributed by atoms with Crippen molar-refractivity contribution in [2.24, 2.45) is 5.92 Å². The van der Waals surface area contributed by atoms with Crippen molar-refractivity contribution in [2.75, 3.05) is 26.7 Å². The minimum atomic E-state index is -4.59. The van der Waals surface area contributed by atoms with Crippen LogP contribution >= 0.6 is 0 Å². The number of alkyl halides is 3. The number of carboxylic acids is 1. The standard InChI is InChI=1S/C18H26F3N3O2.C13H16F2O2.CH3.Cs/c1-12(2)9-15(17(26)22-3)24-11-13(5-8-23-6-4-7-23)14(10-16(24)25)18(19,20)21;1-7(2)10-6-8(3)12(14)9(13(10)15)4-5-11(16)17;;/h10-12,15H,4-9H2,1-3H3,(H,22,26);6-7H,4-5H2,1-3H3,(H,16,17);1H3;/q;;-1;+1. The van der Waals surface area contributed by atoms with E-state index in [1.165, 1.54) is 19.3 Å². The van der Waals surface area contributed by atoms with Crippen molar-refractivity contribution in [3.8, 4) is 0 Å². The minimum Gasteiger partial charge on any atom is -0.481 e. The molecule has 1 fully saturated rings. The summed E-state index contributed by atoms with van der Waals surface area (Å²) in [5.74, 6) is -2.63. The maximum Gasteiger partial charge on any atom is 1.00 e. The van der Waals surface area contributed by atoms with E-state index in [2.05, 4.69) is 10.2 Å². The molecule has 0 bridgehead atoms. The van der Waals surface area contributed by atoms with Crippen LogP contribution in [0.15, 0.2) is 23.1 Å². The van der Waals surface area contributed by atoms with Gasteiger partial charge in [0.25, 0.3) is 5.56 Å². The molecule has 2 heterocycles. The average Bonchev–Trinajstić information content (AvgIpc) is 2.88. The maximum atomic E-state index is 14.0. The topological polar surface area (TPSA) is 91.6 Å². The second kappa shape index (κ2) is 19.6. The Hall–Kier alpha value is -1.23. The van der Waals surface area contributed by atoms with Crippen LogP contribution in [-0.2, 0) is 28.6 Å². The number of amides is 1. The SMILES string of the molecule is CNC(=O)C(CC(C)C)n1cc(CCN2CCC2)c(C(F)(F)F)cc1=O.Cc1cc(C(C)C)c(F)c(CCC(=O)O)c1F.[CH3-].[Cs+]. The van der Waals surface area contributed by atoms with Gasteiger partial charge in [0, 0.05) is 37.8 Å². The largest absolute Gasteiger partial charge is 1.00 e. The van der Waals surface area contributed by atoms with Crippen LogP contribution in [0.1, 0.15) is 86.7 Å². The van der Waals surface area contributed by atoms with Crippen LogP contribution < -0.4 is 79.8 Å². The zero-order chi connectivity index (χ0) is 32.6. The van der Waals surface area contributed by atoms with E-state index >= 15 is 0 Å². The number of hydrogen-bond donors (Lipinski definition) is 2. The number of nitrogens with one attached hydrogen (secondary N) is 1. The van der Waals surface area contributed by atoms with Gasteiger partial charge in [0.2, 0.25) is 5.91 Å². The monoisotopic (exact) mass is 763 g/mol. The summed E-state index contributed by atoms with van der Waals surface area (Å²) in [6.45, 7) is 11.3. The number of halogens is 5. The summed E-state index contributed by atoms with van der Waals surface area (Å²) in [5, 5.41) is 11.1. The Morgan fingerprint density at radius 2 is 1.64 bits per heavy atom. The van der Waals surface area contributed by atoms with E-state index < -0.39 is 40.9 Å². The first-order chi connectivity index (χ1) is 20.0. The summed E-state index contributed by atoms with van der Waals surface area (Å²) < 4.78 is 69.0. The number of aryl methyl sites for hydroxylation is 1. The van der Waals surface area contributed by atoms with Gasteiger partial charge >= 0.3 is 81.0 Å². The summed E-state index contributed by atoms with van der Waals surface area (Å²) in [4.78, 5) is 37.1. The first kappa shape index (κ1) is 43.8. The third-order valence-electron chi connectivity index (χ3n) is 7.41. The van der Waals surface area contributed by atoms with Crippen molar-refractivity contribution in [3.05, 3.63) is 75.6 Å². The van der Waals surface area contributed by atoms with Crippen molar-refractivity contribution < 1.29 is 106 Å². The quantitative estimate of drug-likeness (QED) is 0.271. The second-order valence-electron chi connectivity index (χ2n) is 11.6. The van der Waals surface area contributed by atoms with Gasteiger partial charge < -0.3 is 27.3 Å². The number of hydrogen-bond acceptors (Lipinski definition) is 4. The molecule has 1 aromatic carbocycles. The summed E-state index contributed by atoms with van der Waals surface area (Å²) in [7, 11) is 1.45. The van der Waals surface area contributed by atoms with Crippen LogP contribution in [0.3, 0.4) is 0 Å². The number of pyridine rings is 1. The van der Waals surface area contributed by atoms with E-state index in [1.807, 2.05) is 27.7 Å². The Balaban J connectivity index is 0.000000892. The molecule has 45 heavy (non-hydrogen) atoms. The Bertz CT molecular complexity index is 1340. The molecular formula is C32H45CsF5N3O4. The molecule has 248 valence electrons. The molecule has 2 aromatic rings. The first-order valence-electron chi connectivity index (χ1n) is 14.4. The fraction of sp³-hybridized carbons (Fsp3) is 0.562. The van der Waals surface area contributed by atoms with Crippen LogP contribution in [0.2, 0.25) is 0 Å². The fourth-order valence-corrected chi connectivity index (χ4v) is 4.88. The van der Waals surface area contributed by atoms with Gasteiger partial charge in [-0.25, -0.2) is 8.78 Å². The molecule has 1 atom stereocenters. The molecule has 3 rings (SSSR count). The molecule has 0 spiro atoms. The van der Waals surface area contributed by atoms with E-state index in [0.717, 1.165) is 24.1 Å². The minimum absolute atomic E-state index is 0. The fourth-order valence-electron chi connectivity index (χ4n) is 4.88. The molecule has 1 saturated heterocycles. The van der Waals surface area contributed by atoms with E-state index in [9.17, 15) is 36.3 Å². The number of rotatable bonds is 11. The van der Waals surface area contributed by atoms with Crippen molar-refractivity contribution in [3.63, 3.8) is 0 Å². The zero-order valence-electron chi connectivity index (χ0n) is 27.6. The number of benzene rings is 1. The van der Waals surface area contributed by atoms with Crippen molar-refractivity contribution in [1.82, 2.24) is 14.8 Å². The van der Waals surface area contributed by atoms with E-state index in [4.69, 9.17) is 5.11 Å². The van der Waals surface area contributed by atoms with Crippen LogP contribution in [-0.4, -0.2) is 53.1 Å². The molecule has 1 aromatic heterocycles. The number of likely N-dealkylation sites (N-methyl/N-ethyl adjacent to an activating group) is 1. The zero-order valence-corrected chi connectivity index (χ0v) is 33.9. The van der Waals surface area contributed by atoms with Gasteiger partial charge in [0.1, 0.15) is 17.7 Å². The second-order valence-corrected chi connectivity index (χ2v) is 11.6. The molecular weight excluding hydrogens is 718 g/mol. The number of carbonyl (C=O) groups is 2. The third-order valence-corrected chi connectivity index (χ3v) is 7.41. The Morgan fingerprint density at radius 3 is 2.09 bits per heavy atom. The predicted octanol–water partition coefficient (Wildman–Crippen LogP) is 3.32. The van der Waals surface area contributed by atoms with Gasteiger partial charge in [-0.05, 0) is 80.3 Å².